The Bertz CT molecular complexity index is 1400. The molecule has 3 heteroatoms. The fraction of sp³-hybridized carbons (Fsp3) is 0.833. The Balaban J connectivity index is 1.08. The predicted octanol–water partition coefficient (Wildman–Crippen LogP) is 13.1. The van der Waals surface area contributed by atoms with Gasteiger partial charge in [-0.3, -0.25) is 0 Å². The fourth-order valence-corrected chi connectivity index (χ4v) is 13.8. The first kappa shape index (κ1) is 39.1. The Labute approximate surface area is 314 Å². The number of pyridine rings is 1. The maximum atomic E-state index is 13.8. The molecule has 1 heterocycles. The van der Waals surface area contributed by atoms with Gasteiger partial charge in [0.15, 0.2) is 12.4 Å². The standard InChI is InChI=1S/C48H78NO2/c1-10-11-12-13-14-15-16-17-18-19-32-49-33-20-21-37(34-49)43(50)51-41-26-28-46(7)39(44(41,4)5)25-29-48(9)40(46)23-22-38-42-36(3)35(2)24-27-45(42,6)30-31-47(38,48)8/h20-22,33-36,39-42H,10-19,23-32H2,1-9H3/q+1/t35-,36+,39+,40-,41+,42+,45-,46+,47-,48-/m1/s1. The molecule has 0 radical (unpaired) electrons. The van der Waals surface area contributed by atoms with Crippen LogP contribution in [0.3, 0.4) is 0 Å². The van der Waals surface area contributed by atoms with Gasteiger partial charge < -0.3 is 4.74 Å². The molecule has 4 fully saturated rings. The van der Waals surface area contributed by atoms with Crippen molar-refractivity contribution in [2.75, 3.05) is 0 Å². The quantitative estimate of drug-likeness (QED) is 0.0887. The Hall–Kier alpha value is -1.64. The highest BCUT2D eigenvalue weighted by molar-refractivity contribution is 5.88. The summed E-state index contributed by atoms with van der Waals surface area (Å²) in [6, 6.07) is 3.99. The number of esters is 1. The van der Waals surface area contributed by atoms with Gasteiger partial charge in [0.2, 0.25) is 0 Å². The van der Waals surface area contributed by atoms with Crippen molar-refractivity contribution in [2.45, 2.75) is 197 Å². The number of nitrogens with zero attached hydrogens (tertiary/aromatic N) is 1. The number of hydrogen-bond acceptors (Lipinski definition) is 2. The molecule has 286 valence electrons. The number of aromatic nitrogens is 1. The van der Waals surface area contributed by atoms with E-state index in [1.807, 2.05) is 23.9 Å². The summed E-state index contributed by atoms with van der Waals surface area (Å²) in [5.41, 5.74) is 3.90. The minimum absolute atomic E-state index is 0.0340. The van der Waals surface area contributed by atoms with Crippen LogP contribution >= 0.6 is 0 Å². The highest BCUT2D eigenvalue weighted by atomic mass is 16.5. The van der Waals surface area contributed by atoms with Crippen LogP contribution in [0, 0.1) is 56.7 Å². The number of allylic oxidation sites excluding steroid dienone is 2. The van der Waals surface area contributed by atoms with Gasteiger partial charge in [0.05, 0.1) is 0 Å². The van der Waals surface area contributed by atoms with E-state index < -0.39 is 0 Å². The monoisotopic (exact) mass is 701 g/mol. The normalized spacial score (nSPS) is 39.9. The van der Waals surface area contributed by atoms with Crippen LogP contribution < -0.4 is 4.57 Å². The van der Waals surface area contributed by atoms with Crippen molar-refractivity contribution in [3.8, 4) is 0 Å². The van der Waals surface area contributed by atoms with Crippen molar-refractivity contribution >= 4 is 5.97 Å². The lowest BCUT2D eigenvalue weighted by Gasteiger charge is -2.71. The summed E-state index contributed by atoms with van der Waals surface area (Å²) in [4.78, 5) is 13.8. The Kier molecular flexibility index (Phi) is 11.7. The molecule has 0 saturated heterocycles. The molecule has 0 N–H and O–H groups in total. The van der Waals surface area contributed by atoms with Crippen LogP contribution in [0.2, 0.25) is 0 Å². The van der Waals surface area contributed by atoms with Crippen molar-refractivity contribution in [3.05, 3.63) is 41.7 Å². The maximum Gasteiger partial charge on any atom is 0.344 e. The summed E-state index contributed by atoms with van der Waals surface area (Å²) in [5, 5.41) is 0. The molecule has 0 amide bonds. The van der Waals surface area contributed by atoms with Gasteiger partial charge in [-0.25, -0.2) is 9.36 Å². The summed E-state index contributed by atoms with van der Waals surface area (Å²) in [7, 11) is 0. The first-order valence-electron chi connectivity index (χ1n) is 22.1. The molecule has 0 unspecified atom stereocenters. The van der Waals surface area contributed by atoms with Crippen LogP contribution in [0.25, 0.3) is 0 Å². The lowest BCUT2D eigenvalue weighted by molar-refractivity contribution is -0.697. The second-order valence-electron chi connectivity index (χ2n) is 20.6. The molecule has 1 aromatic heterocycles. The summed E-state index contributed by atoms with van der Waals surface area (Å²) in [5.74, 6) is 3.48. The SMILES string of the molecule is CCCCCCCCCCCC[n+]1cccc(C(=O)O[C@H]2CC[C@]3(C)[C@H]4CC=C5[C@@H]6[C@@H](C)[C@H](C)CC[C@]6(C)CC[C@@]5(C)[C@]4(C)CC[C@H]3C2(C)C)c1. The van der Waals surface area contributed by atoms with Gasteiger partial charge >= 0.3 is 5.97 Å². The molecule has 6 rings (SSSR count). The van der Waals surface area contributed by atoms with E-state index in [4.69, 9.17) is 4.74 Å². The second kappa shape index (κ2) is 15.2. The van der Waals surface area contributed by atoms with Crippen molar-refractivity contribution in [1.82, 2.24) is 0 Å². The maximum absolute atomic E-state index is 13.8. The molecule has 0 bridgehead atoms. The van der Waals surface area contributed by atoms with E-state index >= 15 is 0 Å². The third-order valence-electron chi connectivity index (χ3n) is 17.4. The van der Waals surface area contributed by atoms with E-state index in [1.165, 1.54) is 116 Å². The van der Waals surface area contributed by atoms with Gasteiger partial charge in [0, 0.05) is 17.9 Å². The number of carbonyl (C=O) groups is 1. The van der Waals surface area contributed by atoms with Crippen LogP contribution in [0.5, 0.6) is 0 Å². The molecule has 10 atom stereocenters. The first-order chi connectivity index (χ1) is 24.2. The topological polar surface area (TPSA) is 30.2 Å². The van der Waals surface area contributed by atoms with Crippen molar-refractivity contribution in [2.24, 2.45) is 56.7 Å². The fourth-order valence-electron chi connectivity index (χ4n) is 13.8. The van der Waals surface area contributed by atoms with Gasteiger partial charge in [-0.05, 0) is 122 Å². The smallest absolute Gasteiger partial charge is 0.344 e. The molecule has 5 aliphatic rings. The third kappa shape index (κ3) is 7.06. The van der Waals surface area contributed by atoms with Gasteiger partial charge in [-0.1, -0.05) is 125 Å². The molecular weight excluding hydrogens is 623 g/mol. The summed E-state index contributed by atoms with van der Waals surface area (Å²) in [6.07, 6.45) is 31.9. The zero-order chi connectivity index (χ0) is 36.7. The molecule has 1 aromatic rings. The largest absolute Gasteiger partial charge is 0.458 e. The summed E-state index contributed by atoms with van der Waals surface area (Å²) >= 11 is 0. The van der Waals surface area contributed by atoms with Crippen molar-refractivity contribution in [1.29, 1.82) is 0 Å². The number of unbranched alkanes of at least 4 members (excludes halogenated alkanes) is 9. The number of carbonyl (C=O) groups excluding carboxylic acids is 1. The molecule has 5 aliphatic carbocycles. The molecule has 51 heavy (non-hydrogen) atoms. The lowest BCUT2D eigenvalue weighted by atomic mass is 9.33. The zero-order valence-electron chi connectivity index (χ0n) is 34.8. The molecule has 0 aromatic carbocycles. The van der Waals surface area contributed by atoms with Gasteiger partial charge in [-0.15, -0.1) is 0 Å². The van der Waals surface area contributed by atoms with Gasteiger partial charge in [0.25, 0.3) is 0 Å². The molecule has 3 nitrogen and oxygen atoms in total. The van der Waals surface area contributed by atoms with Crippen LogP contribution in [0.1, 0.15) is 195 Å². The van der Waals surface area contributed by atoms with Crippen LogP contribution in [-0.4, -0.2) is 12.1 Å². The van der Waals surface area contributed by atoms with E-state index in [9.17, 15) is 4.79 Å². The summed E-state index contributed by atoms with van der Waals surface area (Å²) < 4.78 is 8.75. The van der Waals surface area contributed by atoms with E-state index in [-0.39, 0.29) is 22.9 Å². The number of fused-ring (bicyclic) bond motifs is 7. The number of aryl methyl sites for hydroxylation is 1. The van der Waals surface area contributed by atoms with Crippen molar-refractivity contribution in [3.63, 3.8) is 0 Å². The highest BCUT2D eigenvalue weighted by Gasteiger charge is 2.68. The number of rotatable bonds is 13. The third-order valence-corrected chi connectivity index (χ3v) is 17.4. The highest BCUT2D eigenvalue weighted by Crippen LogP contribution is 2.75. The molecule has 4 saturated carbocycles. The van der Waals surface area contributed by atoms with Crippen LogP contribution in [0.15, 0.2) is 36.2 Å². The summed E-state index contributed by atoms with van der Waals surface area (Å²) in [6.45, 7) is 24.0. The predicted molar refractivity (Wildman–Crippen MR) is 212 cm³/mol. The average molecular weight is 701 g/mol. The Morgan fingerprint density at radius 3 is 2.20 bits per heavy atom. The van der Waals surface area contributed by atoms with Crippen molar-refractivity contribution < 1.29 is 14.1 Å². The minimum Gasteiger partial charge on any atom is -0.458 e. The lowest BCUT2D eigenvalue weighted by Crippen LogP contribution is -2.65. The molecular formula is C48H78NO2+. The Morgan fingerprint density at radius 1 is 0.804 bits per heavy atom. The van der Waals surface area contributed by atoms with Gasteiger partial charge in [-0.2, -0.15) is 0 Å². The first-order valence-corrected chi connectivity index (χ1v) is 22.1. The Morgan fingerprint density at radius 2 is 1.49 bits per heavy atom. The van der Waals surface area contributed by atoms with Crippen LogP contribution in [0.4, 0.5) is 0 Å². The van der Waals surface area contributed by atoms with E-state index in [1.54, 1.807) is 0 Å². The molecule has 0 spiro atoms. The zero-order valence-corrected chi connectivity index (χ0v) is 34.8. The van der Waals surface area contributed by atoms with E-state index in [0.717, 1.165) is 30.7 Å². The van der Waals surface area contributed by atoms with Crippen LogP contribution in [-0.2, 0) is 11.3 Å². The second-order valence-corrected chi connectivity index (χ2v) is 20.6. The van der Waals surface area contributed by atoms with E-state index in [2.05, 4.69) is 79.2 Å². The number of hydrogen-bond donors (Lipinski definition) is 0. The van der Waals surface area contributed by atoms with E-state index in [0.29, 0.717) is 33.6 Å². The van der Waals surface area contributed by atoms with Gasteiger partial charge in [0.1, 0.15) is 18.2 Å². The molecule has 0 aliphatic heterocycles. The average Bonchev–Trinajstić information content (AvgIpc) is 3.09. The number of ether oxygens (including phenoxy) is 1. The minimum atomic E-state index is -0.131.